The molecular formula is C11H21NO8S3. The van der Waals surface area contributed by atoms with E-state index < -0.39 is 25.4 Å². The van der Waals surface area contributed by atoms with Crippen molar-refractivity contribution < 1.29 is 36.0 Å². The first-order valence-corrected chi connectivity index (χ1v) is 11.4. The molecule has 2 aliphatic carbocycles. The van der Waals surface area contributed by atoms with Crippen LogP contribution in [0.15, 0.2) is 0 Å². The van der Waals surface area contributed by atoms with Crippen molar-refractivity contribution in [2.75, 3.05) is 6.26 Å². The highest BCUT2D eigenvalue weighted by atomic mass is 32.2. The molecule has 23 heavy (non-hydrogen) atoms. The molecule has 0 aromatic rings. The monoisotopic (exact) mass is 391 g/mol. The van der Waals surface area contributed by atoms with Gasteiger partial charge in [-0.3, -0.25) is 4.55 Å². The van der Waals surface area contributed by atoms with Crippen LogP contribution >= 0.6 is 12.0 Å². The zero-order valence-electron chi connectivity index (χ0n) is 12.5. The lowest BCUT2D eigenvalue weighted by molar-refractivity contribution is -0.432. The van der Waals surface area contributed by atoms with Gasteiger partial charge in [0.2, 0.25) is 10.0 Å². The molecule has 0 aliphatic heterocycles. The topological polar surface area (TPSA) is 139 Å². The lowest BCUT2D eigenvalue weighted by Gasteiger charge is -2.45. The number of hydrogen-bond donors (Lipinski definition) is 3. The van der Waals surface area contributed by atoms with E-state index in [-0.39, 0.29) is 29.5 Å². The molecule has 5 atom stereocenters. The highest BCUT2D eigenvalue weighted by molar-refractivity contribution is 7.95. The molecule has 0 bridgehead atoms. The van der Waals surface area contributed by atoms with Gasteiger partial charge in [-0.25, -0.2) is 18.4 Å². The number of sulfonamides is 1. The first-order valence-electron chi connectivity index (χ1n) is 7.19. The Labute approximate surface area is 140 Å². The van der Waals surface area contributed by atoms with Crippen LogP contribution in [0.2, 0.25) is 0 Å². The zero-order chi connectivity index (χ0) is 17.3. The van der Waals surface area contributed by atoms with E-state index in [1.165, 1.54) is 0 Å². The molecule has 0 aromatic heterocycles. The van der Waals surface area contributed by atoms with Gasteiger partial charge in [-0.1, -0.05) is 5.04 Å². The van der Waals surface area contributed by atoms with Crippen molar-refractivity contribution in [3.05, 3.63) is 0 Å². The average molecular weight is 391 g/mol. The number of fused-ring (bicyclic) bond motifs is 1. The Kier molecular flexibility index (Phi) is 6.33. The van der Waals surface area contributed by atoms with E-state index in [1.807, 2.05) is 0 Å². The number of nitrogens with one attached hydrogen (secondary N) is 1. The Bertz CT molecular complexity index is 607. The summed E-state index contributed by atoms with van der Waals surface area (Å²) in [5.41, 5.74) is 0. The van der Waals surface area contributed by atoms with Crippen LogP contribution in [0.3, 0.4) is 0 Å². The summed E-state index contributed by atoms with van der Waals surface area (Å²) < 4.78 is 62.5. The van der Waals surface area contributed by atoms with Crippen LogP contribution in [0.1, 0.15) is 32.1 Å². The molecule has 12 heteroatoms. The maximum absolute atomic E-state index is 11.6. The van der Waals surface area contributed by atoms with Crippen LogP contribution in [0.4, 0.5) is 0 Å². The smallest absolute Gasteiger partial charge is 0.268 e. The van der Waals surface area contributed by atoms with Gasteiger partial charge in [-0.05, 0) is 43.9 Å². The highest BCUT2D eigenvalue weighted by Crippen LogP contribution is 2.47. The minimum absolute atomic E-state index is 0.158. The van der Waals surface area contributed by atoms with E-state index in [9.17, 15) is 21.4 Å². The standard InChI is InChI=1S/C11H21NO8S3/c1-22(14,15)12-7-2-3-8-9(6-7)10(21-20-19-13)4-5-11(8)23(16,17)18/h7-13H,2-6H2,1H3,(H,16,17,18). The van der Waals surface area contributed by atoms with Crippen molar-refractivity contribution in [1.29, 1.82) is 0 Å². The van der Waals surface area contributed by atoms with Crippen molar-refractivity contribution in [2.45, 2.75) is 48.6 Å². The van der Waals surface area contributed by atoms with Gasteiger partial charge in [0.25, 0.3) is 10.1 Å². The first kappa shape index (κ1) is 19.4. The predicted octanol–water partition coefficient (Wildman–Crippen LogP) is 0.809. The third-order valence-electron chi connectivity index (χ3n) is 4.60. The maximum Gasteiger partial charge on any atom is 0.268 e. The Morgan fingerprint density at radius 2 is 1.78 bits per heavy atom. The van der Waals surface area contributed by atoms with Crippen LogP contribution in [-0.4, -0.2) is 49.4 Å². The third kappa shape index (κ3) is 5.26. The lowest BCUT2D eigenvalue weighted by Crippen LogP contribution is -2.50. The average Bonchev–Trinajstić information content (AvgIpc) is 2.41. The van der Waals surface area contributed by atoms with Crippen molar-refractivity contribution in [3.63, 3.8) is 0 Å². The van der Waals surface area contributed by atoms with E-state index in [2.05, 4.69) is 14.1 Å². The third-order valence-corrected chi connectivity index (χ3v) is 7.69. The van der Waals surface area contributed by atoms with Crippen LogP contribution in [-0.2, 0) is 29.5 Å². The summed E-state index contributed by atoms with van der Waals surface area (Å²) in [6.45, 7) is 0. The van der Waals surface area contributed by atoms with Gasteiger partial charge in [-0.15, -0.1) is 4.33 Å². The fourth-order valence-corrected chi connectivity index (χ4v) is 6.70. The molecule has 0 spiro atoms. The van der Waals surface area contributed by atoms with Crippen molar-refractivity contribution >= 4 is 32.2 Å². The van der Waals surface area contributed by atoms with Crippen molar-refractivity contribution in [3.8, 4) is 0 Å². The van der Waals surface area contributed by atoms with Gasteiger partial charge < -0.3 is 0 Å². The quantitative estimate of drug-likeness (QED) is 0.260. The van der Waals surface area contributed by atoms with Gasteiger partial charge in [0.05, 0.1) is 11.5 Å². The van der Waals surface area contributed by atoms with Gasteiger partial charge in [-0.2, -0.15) is 8.42 Å². The van der Waals surface area contributed by atoms with Crippen LogP contribution in [0.5, 0.6) is 0 Å². The normalized spacial score (nSPS) is 35.7. The van der Waals surface area contributed by atoms with Crippen LogP contribution < -0.4 is 4.72 Å². The summed E-state index contributed by atoms with van der Waals surface area (Å²) in [6, 6.07) is -0.287. The number of rotatable bonds is 6. The molecule has 9 nitrogen and oxygen atoms in total. The molecule has 2 aliphatic rings. The number of hydrogen-bond acceptors (Lipinski definition) is 8. The Hall–Kier alpha value is 0.0500. The summed E-state index contributed by atoms with van der Waals surface area (Å²) in [6.07, 6.45) is 3.25. The second-order valence-electron chi connectivity index (χ2n) is 6.14. The van der Waals surface area contributed by atoms with E-state index in [0.717, 1.165) is 18.3 Å². The van der Waals surface area contributed by atoms with Crippen molar-refractivity contribution in [2.24, 2.45) is 11.8 Å². The van der Waals surface area contributed by atoms with Gasteiger partial charge in [0, 0.05) is 23.3 Å². The molecule has 0 radical (unpaired) electrons. The Morgan fingerprint density at radius 3 is 2.35 bits per heavy atom. The molecular weight excluding hydrogens is 370 g/mol. The maximum atomic E-state index is 11.6. The SMILES string of the molecule is CS(=O)(=O)NC1CCC2C(C1)C(SOOO)CCC2S(=O)(=O)O. The van der Waals surface area contributed by atoms with Crippen LogP contribution in [0.25, 0.3) is 0 Å². The zero-order valence-corrected chi connectivity index (χ0v) is 14.9. The van der Waals surface area contributed by atoms with E-state index in [1.54, 1.807) is 0 Å². The van der Waals surface area contributed by atoms with E-state index >= 15 is 0 Å². The minimum Gasteiger partial charge on any atom is -0.285 e. The molecule has 3 N–H and O–H groups in total. The second-order valence-corrected chi connectivity index (χ2v) is 10.5. The molecule has 0 saturated heterocycles. The molecule has 2 rings (SSSR count). The molecule has 0 heterocycles. The van der Waals surface area contributed by atoms with E-state index in [0.29, 0.717) is 25.7 Å². The molecule has 0 amide bonds. The summed E-state index contributed by atoms with van der Waals surface area (Å²) in [7, 11) is -7.52. The summed E-state index contributed by atoms with van der Waals surface area (Å²) in [4.78, 5) is 0. The highest BCUT2D eigenvalue weighted by Gasteiger charge is 2.48. The van der Waals surface area contributed by atoms with E-state index in [4.69, 9.17) is 5.26 Å². The van der Waals surface area contributed by atoms with Crippen molar-refractivity contribution in [1.82, 2.24) is 4.72 Å². The second kappa shape index (κ2) is 7.52. The minimum atomic E-state index is -4.16. The predicted molar refractivity (Wildman–Crippen MR) is 83.3 cm³/mol. The molecule has 136 valence electrons. The summed E-state index contributed by atoms with van der Waals surface area (Å²) in [5.74, 6) is -0.458. The Morgan fingerprint density at radius 1 is 1.09 bits per heavy atom. The molecule has 5 unspecified atom stereocenters. The lowest BCUT2D eigenvalue weighted by atomic mass is 9.69. The summed E-state index contributed by atoms with van der Waals surface area (Å²) >= 11 is 0.890. The largest absolute Gasteiger partial charge is 0.285 e. The molecule has 2 saturated carbocycles. The first-order chi connectivity index (χ1) is 10.6. The summed E-state index contributed by atoms with van der Waals surface area (Å²) in [5, 5.41) is 10.9. The van der Waals surface area contributed by atoms with Gasteiger partial charge >= 0.3 is 0 Å². The molecule has 0 aromatic carbocycles. The fraction of sp³-hybridized carbons (Fsp3) is 1.00. The van der Waals surface area contributed by atoms with Gasteiger partial charge in [0.15, 0.2) is 0 Å². The fourth-order valence-electron chi connectivity index (χ4n) is 3.84. The van der Waals surface area contributed by atoms with Crippen LogP contribution in [0, 0.1) is 11.8 Å². The molecule has 2 fully saturated rings. The van der Waals surface area contributed by atoms with Gasteiger partial charge in [0.1, 0.15) is 0 Å². The Balaban J connectivity index is 2.16.